The number of benzene rings is 1. The highest BCUT2D eigenvalue weighted by Gasteiger charge is 2.33. The van der Waals surface area contributed by atoms with Gasteiger partial charge in [0.25, 0.3) is 0 Å². The molecule has 1 heterocycles. The van der Waals surface area contributed by atoms with Crippen molar-refractivity contribution in [3.05, 3.63) is 35.6 Å². The fourth-order valence-corrected chi connectivity index (χ4v) is 2.31. The zero-order valence-corrected chi connectivity index (χ0v) is 13.5. The maximum atomic E-state index is 13.4. The van der Waals surface area contributed by atoms with Crippen LogP contribution in [-0.2, 0) is 20.8 Å². The lowest BCUT2D eigenvalue weighted by atomic mass is 10.1. The second kappa shape index (κ2) is 9.70. The number of aliphatic carboxylic acids is 2. The molecule has 1 aliphatic rings. The molecule has 0 aliphatic carbocycles. The maximum Gasteiger partial charge on any atom is 0.326 e. The summed E-state index contributed by atoms with van der Waals surface area (Å²) in [5.74, 6) is -2.93. The minimum Gasteiger partial charge on any atom is -0.480 e. The summed E-state index contributed by atoms with van der Waals surface area (Å²) in [7, 11) is 0. The van der Waals surface area contributed by atoms with Gasteiger partial charge in [-0.25, -0.2) is 9.18 Å². The number of nitrogens with two attached hydrogens (primary N) is 1. The number of aliphatic hydroxyl groups excluding tert-OH is 1. The van der Waals surface area contributed by atoms with Crippen LogP contribution < -0.4 is 5.73 Å². The van der Waals surface area contributed by atoms with Gasteiger partial charge in [-0.1, -0.05) is 18.2 Å². The molecular weight excluding hydrogens is 335 g/mol. The highest BCUT2D eigenvalue weighted by Crippen LogP contribution is 2.19. The fourth-order valence-electron chi connectivity index (χ4n) is 2.31. The first-order valence-electron chi connectivity index (χ1n) is 7.62. The number of hydrogen-bond acceptors (Lipinski definition) is 5. The molecule has 138 valence electrons. The summed E-state index contributed by atoms with van der Waals surface area (Å²) in [6.45, 7) is -0.0699. The Kier molecular flexibility index (Phi) is 7.96. The first-order valence-corrected chi connectivity index (χ1v) is 7.62. The maximum absolute atomic E-state index is 13.4. The van der Waals surface area contributed by atoms with Crippen molar-refractivity contribution in [3.63, 3.8) is 0 Å². The number of carbonyl (C=O) groups excluding carboxylic acids is 1. The minimum atomic E-state index is -1.18. The first-order chi connectivity index (χ1) is 11.8. The lowest BCUT2D eigenvalue weighted by Gasteiger charge is -2.21. The summed E-state index contributed by atoms with van der Waals surface area (Å²) in [5, 5.41) is 24.9. The van der Waals surface area contributed by atoms with E-state index in [0.717, 1.165) is 0 Å². The molecule has 0 unspecified atom stereocenters. The molecule has 0 radical (unpaired) electrons. The van der Waals surface area contributed by atoms with Gasteiger partial charge in [-0.05, 0) is 24.5 Å². The summed E-state index contributed by atoms with van der Waals surface area (Å²) < 4.78 is 13.4. The first kappa shape index (κ1) is 20.5. The predicted octanol–water partition coefficient (Wildman–Crippen LogP) is -0.166. The van der Waals surface area contributed by atoms with E-state index in [4.69, 9.17) is 21.1 Å². The van der Waals surface area contributed by atoms with E-state index < -0.39 is 36.4 Å². The quantitative estimate of drug-likeness (QED) is 0.574. The molecule has 2 rings (SSSR count). The second-order valence-electron chi connectivity index (χ2n) is 5.48. The highest BCUT2D eigenvalue weighted by molar-refractivity contribution is 5.85. The lowest BCUT2D eigenvalue weighted by Crippen LogP contribution is -2.41. The summed E-state index contributed by atoms with van der Waals surface area (Å²) in [6, 6.07) is 4.16. The third-order valence-corrected chi connectivity index (χ3v) is 3.67. The largest absolute Gasteiger partial charge is 0.480 e. The number of carboxylic acids is 2. The van der Waals surface area contributed by atoms with Crippen LogP contribution in [0.25, 0.3) is 0 Å². The van der Waals surface area contributed by atoms with Gasteiger partial charge in [0.05, 0.1) is 13.0 Å². The van der Waals surface area contributed by atoms with E-state index in [-0.39, 0.29) is 12.3 Å². The van der Waals surface area contributed by atoms with Crippen molar-refractivity contribution in [2.45, 2.75) is 31.3 Å². The Bertz CT molecular complexity index is 624. The van der Waals surface area contributed by atoms with Crippen LogP contribution in [0.1, 0.15) is 18.4 Å². The number of amides is 1. The Morgan fingerprint density at radius 3 is 2.40 bits per heavy atom. The molecule has 5 N–H and O–H groups in total. The smallest absolute Gasteiger partial charge is 0.326 e. The van der Waals surface area contributed by atoms with E-state index in [1.807, 2.05) is 0 Å². The molecule has 9 heteroatoms. The summed E-state index contributed by atoms with van der Waals surface area (Å²) in [5.41, 5.74) is 5.07. The van der Waals surface area contributed by atoms with Gasteiger partial charge < -0.3 is 26.0 Å². The van der Waals surface area contributed by atoms with E-state index in [1.165, 1.54) is 11.0 Å². The van der Waals surface area contributed by atoms with Gasteiger partial charge in [0.1, 0.15) is 17.9 Å². The monoisotopic (exact) mass is 356 g/mol. The van der Waals surface area contributed by atoms with E-state index >= 15 is 0 Å². The van der Waals surface area contributed by atoms with Crippen LogP contribution in [0.15, 0.2) is 24.3 Å². The number of carboxylic acid groups (broad SMARTS) is 2. The number of halogens is 1. The molecule has 1 aromatic rings. The molecule has 0 spiro atoms. The normalized spacial score (nSPS) is 17.4. The third kappa shape index (κ3) is 6.12. The molecule has 8 nitrogen and oxygen atoms in total. The predicted molar refractivity (Wildman–Crippen MR) is 85.2 cm³/mol. The Morgan fingerprint density at radius 2 is 1.92 bits per heavy atom. The topological polar surface area (TPSA) is 141 Å². The van der Waals surface area contributed by atoms with Gasteiger partial charge in [-0.3, -0.25) is 9.59 Å². The molecule has 0 bridgehead atoms. The van der Waals surface area contributed by atoms with Crippen LogP contribution in [-0.4, -0.2) is 63.3 Å². The van der Waals surface area contributed by atoms with E-state index in [1.54, 1.807) is 18.2 Å². The number of likely N-dealkylation sites (tertiary alicyclic amines) is 1. The number of hydrogen-bond donors (Lipinski definition) is 4. The highest BCUT2D eigenvalue weighted by atomic mass is 19.1. The van der Waals surface area contributed by atoms with Gasteiger partial charge in [0, 0.05) is 6.54 Å². The average molecular weight is 356 g/mol. The van der Waals surface area contributed by atoms with Crippen LogP contribution >= 0.6 is 0 Å². The molecule has 1 saturated heterocycles. The number of nitrogens with zero attached hydrogens (tertiary/aromatic N) is 1. The molecule has 1 aromatic carbocycles. The third-order valence-electron chi connectivity index (χ3n) is 3.67. The average Bonchev–Trinajstić information content (AvgIpc) is 3.06. The second-order valence-corrected chi connectivity index (χ2v) is 5.48. The van der Waals surface area contributed by atoms with Crippen molar-refractivity contribution in [1.29, 1.82) is 0 Å². The zero-order valence-electron chi connectivity index (χ0n) is 13.5. The van der Waals surface area contributed by atoms with Crippen molar-refractivity contribution >= 4 is 17.8 Å². The number of aliphatic hydroxyl groups is 1. The number of carbonyl (C=O) groups is 3. The fraction of sp³-hybridized carbons (Fsp3) is 0.438. The molecule has 2 atom stereocenters. The minimum absolute atomic E-state index is 0.0869. The van der Waals surface area contributed by atoms with Gasteiger partial charge in [-0.15, -0.1) is 0 Å². The SMILES string of the molecule is N[C@@H](CO)C(=O)O.O=C(O)[C@@H]1CCCN1C(=O)Cc1ccccc1F. The Balaban J connectivity index is 0.000000381. The van der Waals surface area contributed by atoms with Crippen molar-refractivity contribution in [1.82, 2.24) is 4.90 Å². The molecule has 1 fully saturated rings. The van der Waals surface area contributed by atoms with Crippen molar-refractivity contribution in [2.75, 3.05) is 13.2 Å². The molecule has 0 saturated carbocycles. The van der Waals surface area contributed by atoms with Crippen molar-refractivity contribution in [2.24, 2.45) is 5.73 Å². The summed E-state index contributed by atoms with van der Waals surface area (Å²) in [4.78, 5) is 33.9. The molecular formula is C16H21FN2O6. The summed E-state index contributed by atoms with van der Waals surface area (Å²) >= 11 is 0. The molecule has 1 amide bonds. The van der Waals surface area contributed by atoms with Crippen molar-refractivity contribution < 1.29 is 34.1 Å². The van der Waals surface area contributed by atoms with Crippen LogP contribution in [0, 0.1) is 5.82 Å². The molecule has 25 heavy (non-hydrogen) atoms. The van der Waals surface area contributed by atoms with Gasteiger partial charge in [0.2, 0.25) is 5.91 Å². The zero-order chi connectivity index (χ0) is 19.0. The standard InChI is InChI=1S/C13H14FNO3.C3H7NO3/c14-10-5-2-1-4-9(10)8-12(16)15-7-3-6-11(15)13(17)18;4-2(1-5)3(6)7/h1-2,4-5,11H,3,6-8H2,(H,17,18);2,5H,1,4H2,(H,6,7)/t11-;2-/m00/s1. The van der Waals surface area contributed by atoms with Crippen LogP contribution in [0.5, 0.6) is 0 Å². The van der Waals surface area contributed by atoms with E-state index in [0.29, 0.717) is 24.9 Å². The Hall–Kier alpha value is -2.52. The van der Waals surface area contributed by atoms with Crippen LogP contribution in [0.4, 0.5) is 4.39 Å². The van der Waals surface area contributed by atoms with Gasteiger partial charge >= 0.3 is 11.9 Å². The summed E-state index contributed by atoms with van der Waals surface area (Å²) in [6.07, 6.45) is 1.06. The molecule has 1 aliphatic heterocycles. The van der Waals surface area contributed by atoms with Crippen molar-refractivity contribution in [3.8, 4) is 0 Å². The molecule has 0 aromatic heterocycles. The Morgan fingerprint density at radius 1 is 1.28 bits per heavy atom. The van der Waals surface area contributed by atoms with Gasteiger partial charge in [0.15, 0.2) is 0 Å². The lowest BCUT2D eigenvalue weighted by molar-refractivity contribution is -0.148. The van der Waals surface area contributed by atoms with Crippen LogP contribution in [0.2, 0.25) is 0 Å². The Labute approximate surface area is 143 Å². The number of rotatable bonds is 5. The van der Waals surface area contributed by atoms with E-state index in [2.05, 4.69) is 0 Å². The van der Waals surface area contributed by atoms with Crippen LogP contribution in [0.3, 0.4) is 0 Å². The van der Waals surface area contributed by atoms with Gasteiger partial charge in [-0.2, -0.15) is 0 Å². The van der Waals surface area contributed by atoms with E-state index in [9.17, 15) is 18.8 Å².